The van der Waals surface area contributed by atoms with E-state index in [2.05, 4.69) is 5.32 Å². The fourth-order valence-corrected chi connectivity index (χ4v) is 2.38. The molecule has 0 aromatic heterocycles. The lowest BCUT2D eigenvalue weighted by Crippen LogP contribution is -2.27. The molecular weight excluding hydrogens is 288 g/mol. The zero-order valence-electron chi connectivity index (χ0n) is 13.6. The fourth-order valence-electron chi connectivity index (χ4n) is 2.38. The minimum Gasteiger partial charge on any atom is -0.494 e. The van der Waals surface area contributed by atoms with Gasteiger partial charge in [0.1, 0.15) is 5.75 Å². The quantitative estimate of drug-likeness (QED) is 0.915. The first-order valence-electron chi connectivity index (χ1n) is 7.59. The molecule has 0 aliphatic heterocycles. The van der Waals surface area contributed by atoms with Crippen LogP contribution in [0.5, 0.6) is 5.75 Å². The third-order valence-electron chi connectivity index (χ3n) is 3.53. The number of hydrogen-bond donors (Lipinski definition) is 1. The molecule has 1 amide bonds. The van der Waals surface area contributed by atoms with E-state index < -0.39 is 0 Å². The van der Waals surface area contributed by atoms with Gasteiger partial charge in [0.25, 0.3) is 5.91 Å². The molecule has 118 valence electrons. The molecule has 23 heavy (non-hydrogen) atoms. The molecule has 4 heteroatoms. The van der Waals surface area contributed by atoms with E-state index in [1.54, 1.807) is 24.3 Å². The molecule has 0 radical (unpaired) electrons. The number of hydrogen-bond acceptors (Lipinski definition) is 3. The highest BCUT2D eigenvalue weighted by atomic mass is 16.5. The van der Waals surface area contributed by atoms with Crippen LogP contribution < -0.4 is 10.1 Å². The Morgan fingerprint density at radius 1 is 1.30 bits per heavy atom. The highest BCUT2D eigenvalue weighted by Crippen LogP contribution is 2.26. The van der Waals surface area contributed by atoms with Gasteiger partial charge in [-0.05, 0) is 45.0 Å². The minimum atomic E-state index is -0.210. The summed E-state index contributed by atoms with van der Waals surface area (Å²) < 4.78 is 5.64. The molecule has 2 aromatic carbocycles. The van der Waals surface area contributed by atoms with Crippen molar-refractivity contribution in [2.75, 3.05) is 6.61 Å². The van der Waals surface area contributed by atoms with Crippen LogP contribution in [0.4, 0.5) is 0 Å². The van der Waals surface area contributed by atoms with Crippen LogP contribution in [0.1, 0.15) is 46.9 Å². The van der Waals surface area contributed by atoms with Gasteiger partial charge in [-0.1, -0.05) is 23.8 Å². The second-order valence-corrected chi connectivity index (χ2v) is 5.36. The van der Waals surface area contributed by atoms with Crippen molar-refractivity contribution in [3.63, 3.8) is 0 Å². The number of ether oxygens (including phenoxy) is 1. The summed E-state index contributed by atoms with van der Waals surface area (Å²) in [5, 5.41) is 11.9. The molecule has 0 spiro atoms. The molecule has 1 N–H and O–H groups in total. The lowest BCUT2D eigenvalue weighted by atomic mass is 10.0. The largest absolute Gasteiger partial charge is 0.494 e. The van der Waals surface area contributed by atoms with Crippen molar-refractivity contribution in [1.29, 1.82) is 5.26 Å². The molecule has 1 atom stereocenters. The van der Waals surface area contributed by atoms with Crippen LogP contribution in [-0.2, 0) is 0 Å². The molecule has 0 aliphatic rings. The third kappa shape index (κ3) is 4.10. The Labute approximate surface area is 136 Å². The number of nitriles is 1. The lowest BCUT2D eigenvalue weighted by Gasteiger charge is -2.19. The molecule has 0 saturated carbocycles. The van der Waals surface area contributed by atoms with Gasteiger partial charge < -0.3 is 10.1 Å². The summed E-state index contributed by atoms with van der Waals surface area (Å²) in [4.78, 5) is 12.4. The van der Waals surface area contributed by atoms with Gasteiger partial charge in [0.15, 0.2) is 0 Å². The van der Waals surface area contributed by atoms with Crippen molar-refractivity contribution >= 4 is 5.91 Å². The molecule has 0 saturated heterocycles. The van der Waals surface area contributed by atoms with Gasteiger partial charge in [-0.2, -0.15) is 5.26 Å². The summed E-state index contributed by atoms with van der Waals surface area (Å²) in [5.74, 6) is 0.565. The van der Waals surface area contributed by atoms with Gasteiger partial charge in [0.2, 0.25) is 0 Å². The average Bonchev–Trinajstić information content (AvgIpc) is 2.56. The molecule has 0 aliphatic carbocycles. The van der Waals surface area contributed by atoms with Crippen LogP contribution in [-0.4, -0.2) is 12.5 Å². The molecule has 2 rings (SSSR count). The van der Waals surface area contributed by atoms with Crippen LogP contribution >= 0.6 is 0 Å². The molecule has 2 aromatic rings. The third-order valence-corrected chi connectivity index (χ3v) is 3.53. The summed E-state index contributed by atoms with van der Waals surface area (Å²) in [6, 6.07) is 14.4. The van der Waals surface area contributed by atoms with E-state index in [-0.39, 0.29) is 11.9 Å². The molecule has 0 heterocycles. The molecular formula is C19H20N2O2. The number of carbonyl (C=O) groups excluding carboxylic acids is 1. The van der Waals surface area contributed by atoms with Gasteiger partial charge >= 0.3 is 0 Å². The Balaban J connectivity index is 2.21. The first kappa shape index (κ1) is 16.6. The van der Waals surface area contributed by atoms with E-state index in [0.29, 0.717) is 17.7 Å². The Kier molecular flexibility index (Phi) is 5.37. The summed E-state index contributed by atoms with van der Waals surface area (Å²) in [6.07, 6.45) is 0. The lowest BCUT2D eigenvalue weighted by molar-refractivity contribution is 0.0939. The Morgan fingerprint density at radius 3 is 2.78 bits per heavy atom. The first-order valence-corrected chi connectivity index (χ1v) is 7.59. The summed E-state index contributed by atoms with van der Waals surface area (Å²) >= 11 is 0. The maximum Gasteiger partial charge on any atom is 0.251 e. The first-order chi connectivity index (χ1) is 11.0. The fraction of sp³-hybridized carbons (Fsp3) is 0.263. The van der Waals surface area contributed by atoms with Crippen LogP contribution in [0, 0.1) is 18.3 Å². The van der Waals surface area contributed by atoms with Crippen LogP contribution in [0.2, 0.25) is 0 Å². The predicted molar refractivity (Wildman–Crippen MR) is 89.4 cm³/mol. The van der Waals surface area contributed by atoms with Crippen molar-refractivity contribution in [3.05, 3.63) is 64.7 Å². The number of aryl methyl sites for hydroxylation is 1. The summed E-state index contributed by atoms with van der Waals surface area (Å²) in [6.45, 7) is 6.43. The van der Waals surface area contributed by atoms with Gasteiger partial charge in [-0.25, -0.2) is 0 Å². The maximum atomic E-state index is 12.4. The van der Waals surface area contributed by atoms with Crippen molar-refractivity contribution in [1.82, 2.24) is 5.32 Å². The second kappa shape index (κ2) is 7.46. The van der Waals surface area contributed by atoms with Crippen LogP contribution in [0.3, 0.4) is 0 Å². The molecule has 0 bridgehead atoms. The zero-order chi connectivity index (χ0) is 16.8. The van der Waals surface area contributed by atoms with Gasteiger partial charge in [-0.3, -0.25) is 4.79 Å². The molecule has 0 fully saturated rings. The average molecular weight is 308 g/mol. The van der Waals surface area contributed by atoms with Crippen molar-refractivity contribution < 1.29 is 9.53 Å². The van der Waals surface area contributed by atoms with E-state index in [9.17, 15) is 4.79 Å². The van der Waals surface area contributed by atoms with Crippen LogP contribution in [0.15, 0.2) is 42.5 Å². The van der Waals surface area contributed by atoms with Gasteiger partial charge in [0, 0.05) is 11.1 Å². The maximum absolute atomic E-state index is 12.4. The number of benzene rings is 2. The number of nitrogens with one attached hydrogen (secondary N) is 1. The van der Waals surface area contributed by atoms with Gasteiger partial charge in [-0.15, -0.1) is 0 Å². The van der Waals surface area contributed by atoms with E-state index in [0.717, 1.165) is 16.9 Å². The highest BCUT2D eigenvalue weighted by molar-refractivity contribution is 5.94. The number of rotatable bonds is 5. The standard InChI is InChI=1S/C19H20N2O2/c1-4-23-18-9-8-13(2)10-17(18)14(3)21-19(22)16-7-5-6-15(11-16)12-20/h5-11,14H,4H2,1-3H3,(H,21,22). The van der Waals surface area contributed by atoms with Crippen molar-refractivity contribution in [2.45, 2.75) is 26.8 Å². The molecule has 4 nitrogen and oxygen atoms in total. The SMILES string of the molecule is CCOc1ccc(C)cc1C(C)NC(=O)c1cccc(C#N)c1. The summed E-state index contributed by atoms with van der Waals surface area (Å²) in [7, 11) is 0. The summed E-state index contributed by atoms with van der Waals surface area (Å²) in [5.41, 5.74) is 2.99. The Morgan fingerprint density at radius 2 is 2.09 bits per heavy atom. The van der Waals surface area contributed by atoms with Crippen LogP contribution in [0.25, 0.3) is 0 Å². The second-order valence-electron chi connectivity index (χ2n) is 5.36. The Hall–Kier alpha value is -2.80. The number of amides is 1. The monoisotopic (exact) mass is 308 g/mol. The zero-order valence-corrected chi connectivity index (χ0v) is 13.6. The predicted octanol–water partition coefficient (Wildman–Crippen LogP) is 3.76. The number of nitrogens with zero attached hydrogens (tertiary/aromatic N) is 1. The Bertz CT molecular complexity index is 747. The molecule has 1 unspecified atom stereocenters. The topological polar surface area (TPSA) is 62.1 Å². The van der Waals surface area contributed by atoms with Gasteiger partial charge in [0.05, 0.1) is 24.3 Å². The smallest absolute Gasteiger partial charge is 0.251 e. The van der Waals surface area contributed by atoms with Crippen molar-refractivity contribution in [2.24, 2.45) is 0 Å². The van der Waals surface area contributed by atoms with E-state index in [1.807, 2.05) is 45.0 Å². The normalized spacial score (nSPS) is 11.4. The van der Waals surface area contributed by atoms with Crippen molar-refractivity contribution in [3.8, 4) is 11.8 Å². The highest BCUT2D eigenvalue weighted by Gasteiger charge is 2.16. The van der Waals surface area contributed by atoms with E-state index in [1.165, 1.54) is 0 Å². The minimum absolute atomic E-state index is 0.199. The van der Waals surface area contributed by atoms with E-state index in [4.69, 9.17) is 10.00 Å². The number of carbonyl (C=O) groups is 1. The van der Waals surface area contributed by atoms with E-state index >= 15 is 0 Å².